The van der Waals surface area contributed by atoms with Crippen LogP contribution in [0.5, 0.6) is 5.88 Å². The van der Waals surface area contributed by atoms with Crippen molar-refractivity contribution >= 4 is 23.2 Å². The number of nitrogens with zero attached hydrogens (tertiary/aromatic N) is 4. The summed E-state index contributed by atoms with van der Waals surface area (Å²) in [5.41, 5.74) is 7.11. The molecule has 0 atom stereocenters. The third kappa shape index (κ3) is 2.83. The Morgan fingerprint density at radius 1 is 1.40 bits per heavy atom. The van der Waals surface area contributed by atoms with Gasteiger partial charge in [-0.2, -0.15) is 10.1 Å². The molecule has 8 heteroatoms. The summed E-state index contributed by atoms with van der Waals surface area (Å²) in [4.78, 5) is 8.25. The van der Waals surface area contributed by atoms with Gasteiger partial charge in [0.05, 0.1) is 30.9 Å². The molecule has 0 radical (unpaired) electrons. The van der Waals surface area contributed by atoms with Crippen LogP contribution in [0.2, 0.25) is 5.02 Å². The van der Waals surface area contributed by atoms with Gasteiger partial charge in [0.15, 0.2) is 0 Å². The molecule has 0 saturated heterocycles. The van der Waals surface area contributed by atoms with Crippen LogP contribution in [0.25, 0.3) is 0 Å². The predicted molar refractivity (Wildman–Crippen MR) is 77.4 cm³/mol. The molecule has 0 aliphatic rings. The highest BCUT2D eigenvalue weighted by molar-refractivity contribution is 6.31. The Labute approximate surface area is 122 Å². The van der Waals surface area contributed by atoms with Crippen molar-refractivity contribution in [2.45, 2.75) is 26.4 Å². The number of methoxy groups -OCH3 is 1. The zero-order valence-electron chi connectivity index (χ0n) is 11.8. The quantitative estimate of drug-likeness (QED) is 0.897. The second-order valence-corrected chi connectivity index (χ2v) is 5.29. The summed E-state index contributed by atoms with van der Waals surface area (Å²) in [5.74, 6) is 0.692. The van der Waals surface area contributed by atoms with Crippen LogP contribution in [0.3, 0.4) is 0 Å². The van der Waals surface area contributed by atoms with E-state index in [-0.39, 0.29) is 0 Å². The van der Waals surface area contributed by atoms with Gasteiger partial charge in [0.1, 0.15) is 10.7 Å². The van der Waals surface area contributed by atoms with E-state index in [0.29, 0.717) is 16.9 Å². The fourth-order valence-corrected chi connectivity index (χ4v) is 1.96. The molecule has 0 fully saturated rings. The van der Waals surface area contributed by atoms with Gasteiger partial charge < -0.3 is 15.8 Å². The average molecular weight is 297 g/mol. The average Bonchev–Trinajstić information content (AvgIpc) is 2.73. The van der Waals surface area contributed by atoms with Crippen LogP contribution in [0.15, 0.2) is 12.4 Å². The minimum absolute atomic E-state index is 0.313. The molecule has 0 unspecified atom stereocenters. The Kier molecular flexibility index (Phi) is 3.82. The first kappa shape index (κ1) is 14.5. The minimum Gasteiger partial charge on any atom is -0.480 e. The lowest BCUT2D eigenvalue weighted by Gasteiger charge is -2.21. The van der Waals surface area contributed by atoms with Gasteiger partial charge in [0, 0.05) is 0 Å². The number of ether oxygens (including phenoxy) is 1. The Balaban J connectivity index is 2.29. The van der Waals surface area contributed by atoms with Crippen LogP contribution in [0.4, 0.5) is 11.6 Å². The number of nitrogens with two attached hydrogens (primary N) is 1. The third-order valence-electron chi connectivity index (χ3n) is 2.71. The van der Waals surface area contributed by atoms with Gasteiger partial charge in [-0.15, -0.1) is 0 Å². The number of hydrogen-bond donors (Lipinski definition) is 2. The van der Waals surface area contributed by atoms with E-state index in [1.54, 1.807) is 10.9 Å². The van der Waals surface area contributed by atoms with Crippen molar-refractivity contribution in [1.82, 2.24) is 19.7 Å². The second kappa shape index (κ2) is 5.26. The number of anilines is 2. The van der Waals surface area contributed by atoms with Gasteiger partial charge in [0.25, 0.3) is 0 Å². The summed E-state index contributed by atoms with van der Waals surface area (Å²) in [6, 6.07) is 0. The largest absolute Gasteiger partial charge is 0.480 e. The van der Waals surface area contributed by atoms with Crippen LogP contribution in [0.1, 0.15) is 19.5 Å². The molecular formula is C12H17ClN6O. The lowest BCUT2D eigenvalue weighted by Crippen LogP contribution is -2.37. The lowest BCUT2D eigenvalue weighted by molar-refractivity contribution is 0.326. The molecule has 0 aliphatic heterocycles. The van der Waals surface area contributed by atoms with E-state index in [1.807, 2.05) is 20.8 Å². The molecule has 0 spiro atoms. The molecular weight excluding hydrogens is 280 g/mol. The molecule has 2 aromatic heterocycles. The van der Waals surface area contributed by atoms with Crippen molar-refractivity contribution < 1.29 is 4.74 Å². The van der Waals surface area contributed by atoms with Gasteiger partial charge in [0.2, 0.25) is 11.8 Å². The Bertz CT molecular complexity index is 619. The molecule has 0 aromatic carbocycles. The second-order valence-electron chi connectivity index (χ2n) is 4.88. The number of aromatic nitrogens is 4. The highest BCUT2D eigenvalue weighted by Crippen LogP contribution is 2.25. The third-order valence-corrected chi connectivity index (χ3v) is 2.97. The maximum Gasteiger partial charge on any atom is 0.237 e. The van der Waals surface area contributed by atoms with Crippen molar-refractivity contribution in [2.24, 2.45) is 5.73 Å². The summed E-state index contributed by atoms with van der Waals surface area (Å²) in [6.07, 6.45) is 3.15. The number of hydrogen-bond acceptors (Lipinski definition) is 6. The fraction of sp³-hybridized carbons (Fsp3) is 0.417. The molecule has 0 saturated carbocycles. The molecule has 20 heavy (non-hydrogen) atoms. The lowest BCUT2D eigenvalue weighted by atomic mass is 10.2. The topological polar surface area (TPSA) is 90.9 Å². The monoisotopic (exact) mass is 296 g/mol. The van der Waals surface area contributed by atoms with Gasteiger partial charge in [-0.1, -0.05) is 11.6 Å². The predicted octanol–water partition coefficient (Wildman–Crippen LogP) is 2.04. The summed E-state index contributed by atoms with van der Waals surface area (Å²) in [6.45, 7) is 5.66. The molecule has 0 aliphatic carbocycles. The molecule has 3 N–H and O–H groups in total. The summed E-state index contributed by atoms with van der Waals surface area (Å²) in [7, 11) is 1.50. The molecule has 2 heterocycles. The van der Waals surface area contributed by atoms with Gasteiger partial charge >= 0.3 is 0 Å². The Morgan fingerprint density at radius 3 is 2.65 bits per heavy atom. The maximum absolute atomic E-state index is 6.03. The van der Waals surface area contributed by atoms with Crippen molar-refractivity contribution in [1.29, 1.82) is 0 Å². The van der Waals surface area contributed by atoms with Crippen LogP contribution in [-0.2, 0) is 5.66 Å². The highest BCUT2D eigenvalue weighted by atomic mass is 35.5. The van der Waals surface area contributed by atoms with E-state index < -0.39 is 5.66 Å². The minimum atomic E-state index is -0.581. The summed E-state index contributed by atoms with van der Waals surface area (Å²) >= 11 is 5.88. The molecule has 2 rings (SSSR count). The zero-order chi connectivity index (χ0) is 14.9. The fourth-order valence-electron chi connectivity index (χ4n) is 1.79. The smallest absolute Gasteiger partial charge is 0.237 e. The Hall–Kier alpha value is -1.86. The van der Waals surface area contributed by atoms with Gasteiger partial charge in [-0.25, -0.2) is 9.67 Å². The van der Waals surface area contributed by atoms with Crippen LogP contribution < -0.4 is 15.8 Å². The number of rotatable bonds is 4. The zero-order valence-corrected chi connectivity index (χ0v) is 12.6. The highest BCUT2D eigenvalue weighted by Gasteiger charge is 2.19. The van der Waals surface area contributed by atoms with Gasteiger partial charge in [-0.05, 0) is 20.8 Å². The van der Waals surface area contributed by atoms with E-state index >= 15 is 0 Å². The van der Waals surface area contributed by atoms with Crippen LogP contribution in [-0.4, -0.2) is 26.9 Å². The molecule has 0 amide bonds. The molecule has 108 valence electrons. The van der Waals surface area contributed by atoms with Gasteiger partial charge in [-0.3, -0.25) is 0 Å². The first-order chi connectivity index (χ1) is 9.32. The summed E-state index contributed by atoms with van der Waals surface area (Å²) < 4.78 is 6.77. The van der Waals surface area contributed by atoms with E-state index in [9.17, 15) is 0 Å². The molecule has 0 bridgehead atoms. The number of nitrogens with one attached hydrogen (secondary N) is 1. The van der Waals surface area contributed by atoms with Crippen LogP contribution in [0, 0.1) is 6.92 Å². The Morgan fingerprint density at radius 2 is 2.10 bits per heavy atom. The van der Waals surface area contributed by atoms with Crippen molar-refractivity contribution in [3.8, 4) is 5.88 Å². The first-order valence-electron chi connectivity index (χ1n) is 6.00. The van der Waals surface area contributed by atoms with Crippen molar-refractivity contribution in [3.05, 3.63) is 23.1 Å². The van der Waals surface area contributed by atoms with Crippen molar-refractivity contribution in [3.63, 3.8) is 0 Å². The number of halogens is 1. The maximum atomic E-state index is 6.03. The van der Waals surface area contributed by atoms with E-state index in [2.05, 4.69) is 20.4 Å². The molecule has 7 nitrogen and oxygen atoms in total. The van der Waals surface area contributed by atoms with E-state index in [0.717, 1.165) is 11.4 Å². The first-order valence-corrected chi connectivity index (χ1v) is 6.38. The standard InChI is InChI=1S/C12H17ClN6O/c1-7-9(6-16-19(7)12(2,3)14)17-11-15-5-8(13)10(18-11)20-4/h5-6H,14H2,1-4H3,(H,15,17,18). The normalized spacial score (nSPS) is 11.5. The van der Waals surface area contributed by atoms with E-state index in [4.69, 9.17) is 22.1 Å². The molecule has 2 aromatic rings. The van der Waals surface area contributed by atoms with E-state index in [1.165, 1.54) is 13.3 Å². The SMILES string of the molecule is COc1nc(Nc2cnn(C(C)(C)N)c2C)ncc1Cl. The summed E-state index contributed by atoms with van der Waals surface area (Å²) in [5, 5.41) is 7.68. The van der Waals surface area contributed by atoms with Crippen molar-refractivity contribution in [2.75, 3.05) is 12.4 Å². The van der Waals surface area contributed by atoms with Crippen LogP contribution >= 0.6 is 11.6 Å².